The van der Waals surface area contributed by atoms with Gasteiger partial charge in [0.25, 0.3) is 0 Å². The summed E-state index contributed by atoms with van der Waals surface area (Å²) < 4.78 is 27.6. The molecule has 1 aromatic carbocycles. The number of rotatable bonds is 4. The molecule has 2 rings (SSSR count). The van der Waals surface area contributed by atoms with Crippen molar-refractivity contribution in [1.29, 1.82) is 0 Å². The third kappa shape index (κ3) is 2.69. The van der Waals surface area contributed by atoms with E-state index in [1.54, 1.807) is 0 Å². The zero-order chi connectivity index (χ0) is 15.6. The zero-order valence-corrected chi connectivity index (χ0v) is 10.7. The Labute approximate surface area is 117 Å². The lowest BCUT2D eigenvalue weighted by atomic mass is 10.2. The van der Waals surface area contributed by atoms with Crippen LogP contribution in [0.2, 0.25) is 0 Å². The first-order chi connectivity index (χ1) is 9.95. The summed E-state index contributed by atoms with van der Waals surface area (Å²) in [6.45, 7) is 1.43. The van der Waals surface area contributed by atoms with E-state index in [1.165, 1.54) is 13.0 Å². The third-order valence-corrected chi connectivity index (χ3v) is 2.67. The zero-order valence-electron chi connectivity index (χ0n) is 10.7. The predicted molar refractivity (Wildman–Crippen MR) is 70.9 cm³/mol. The van der Waals surface area contributed by atoms with Crippen LogP contribution in [0.15, 0.2) is 18.5 Å². The molecular weight excluding hydrogens is 286 g/mol. The Balaban J connectivity index is 2.55. The van der Waals surface area contributed by atoms with Crippen molar-refractivity contribution in [3.05, 3.63) is 45.8 Å². The molecule has 0 saturated carbocycles. The maximum Gasteiger partial charge on any atom is 0.354 e. The molecule has 0 aliphatic rings. The van der Waals surface area contributed by atoms with Crippen LogP contribution >= 0.6 is 0 Å². The topological polar surface area (TPSA) is 119 Å². The fourth-order valence-electron chi connectivity index (χ4n) is 1.64. The average Bonchev–Trinajstić information content (AvgIpc) is 2.47. The van der Waals surface area contributed by atoms with Crippen molar-refractivity contribution in [2.75, 3.05) is 10.7 Å². The lowest BCUT2D eigenvalue weighted by Gasteiger charge is -2.10. The monoisotopic (exact) mass is 296 g/mol. The van der Waals surface area contributed by atoms with Crippen LogP contribution in [-0.2, 0) is 0 Å². The highest BCUT2D eigenvalue weighted by molar-refractivity contribution is 5.74. The molecule has 0 atom stereocenters. The van der Waals surface area contributed by atoms with Gasteiger partial charge in [0.05, 0.1) is 4.92 Å². The Morgan fingerprint density at radius 1 is 1.29 bits per heavy atom. The van der Waals surface area contributed by atoms with Gasteiger partial charge in [0.1, 0.15) is 17.8 Å². The van der Waals surface area contributed by atoms with E-state index < -0.39 is 27.9 Å². The summed E-state index contributed by atoms with van der Waals surface area (Å²) in [5.74, 6) is 2.67. The van der Waals surface area contributed by atoms with Crippen molar-refractivity contribution in [2.24, 2.45) is 5.84 Å². The molecule has 2 aromatic rings. The first kappa shape index (κ1) is 14.5. The molecule has 1 aromatic heterocycles. The Bertz CT molecular complexity index is 709. The van der Waals surface area contributed by atoms with E-state index in [9.17, 15) is 18.9 Å². The molecule has 10 heteroatoms. The molecule has 0 bridgehead atoms. The van der Waals surface area contributed by atoms with Crippen LogP contribution in [0.25, 0.3) is 0 Å². The molecule has 0 amide bonds. The number of benzene rings is 1. The predicted octanol–water partition coefficient (Wildman–Crippen LogP) is 2.00. The van der Waals surface area contributed by atoms with Gasteiger partial charge in [0.2, 0.25) is 11.6 Å². The highest BCUT2D eigenvalue weighted by atomic mass is 19.1. The minimum absolute atomic E-state index is 0.174. The first-order valence-electron chi connectivity index (χ1n) is 5.63. The highest BCUT2D eigenvalue weighted by Gasteiger charge is 2.24. The number of nitrogen functional groups attached to an aromatic ring is 1. The van der Waals surface area contributed by atoms with E-state index in [2.05, 4.69) is 15.3 Å². The SMILES string of the molecule is Cc1ccc(F)c(Nc2ncnc(NN)c2[N+](=O)[O-])c1F. The van der Waals surface area contributed by atoms with Crippen LogP contribution in [0.4, 0.5) is 31.8 Å². The number of halogens is 2. The number of hydrazine groups is 1. The minimum atomic E-state index is -0.909. The summed E-state index contributed by atoms with van der Waals surface area (Å²) in [6.07, 6.45) is 0.968. The number of nitrogens with one attached hydrogen (secondary N) is 2. The van der Waals surface area contributed by atoms with Crippen molar-refractivity contribution in [3.63, 3.8) is 0 Å². The number of hydrogen-bond acceptors (Lipinski definition) is 7. The number of nitro groups is 1. The Kier molecular flexibility index (Phi) is 3.89. The van der Waals surface area contributed by atoms with Gasteiger partial charge in [0.15, 0.2) is 5.82 Å². The summed E-state index contributed by atoms with van der Waals surface area (Å²) in [7, 11) is 0. The van der Waals surface area contributed by atoms with Crippen LogP contribution < -0.4 is 16.6 Å². The largest absolute Gasteiger partial charge is 0.354 e. The van der Waals surface area contributed by atoms with Gasteiger partial charge < -0.3 is 10.7 Å². The Hall–Kier alpha value is -2.88. The third-order valence-electron chi connectivity index (χ3n) is 2.67. The Morgan fingerprint density at radius 2 is 1.95 bits per heavy atom. The molecule has 0 spiro atoms. The van der Waals surface area contributed by atoms with Crippen LogP contribution in [0.3, 0.4) is 0 Å². The molecule has 8 nitrogen and oxygen atoms in total. The molecule has 21 heavy (non-hydrogen) atoms. The van der Waals surface area contributed by atoms with Gasteiger partial charge in [-0.1, -0.05) is 6.07 Å². The van der Waals surface area contributed by atoms with Crippen LogP contribution in [0.1, 0.15) is 5.56 Å². The van der Waals surface area contributed by atoms with Crippen LogP contribution in [0.5, 0.6) is 0 Å². The molecule has 0 unspecified atom stereocenters. The van der Waals surface area contributed by atoms with Gasteiger partial charge in [-0.15, -0.1) is 0 Å². The number of hydrogen-bond donors (Lipinski definition) is 3. The van der Waals surface area contributed by atoms with Crippen LogP contribution in [-0.4, -0.2) is 14.9 Å². The fourth-order valence-corrected chi connectivity index (χ4v) is 1.64. The van der Waals surface area contributed by atoms with E-state index in [0.29, 0.717) is 0 Å². The number of aromatic nitrogens is 2. The van der Waals surface area contributed by atoms with Crippen molar-refractivity contribution in [3.8, 4) is 0 Å². The summed E-state index contributed by atoms with van der Waals surface area (Å²) in [6, 6.07) is 2.28. The second-order valence-corrected chi connectivity index (χ2v) is 4.00. The van der Waals surface area contributed by atoms with Crippen molar-refractivity contribution in [1.82, 2.24) is 9.97 Å². The summed E-state index contributed by atoms with van der Waals surface area (Å²) in [5.41, 5.74) is 1.03. The van der Waals surface area contributed by atoms with Gasteiger partial charge in [-0.3, -0.25) is 10.1 Å². The highest BCUT2D eigenvalue weighted by Crippen LogP contribution is 2.32. The van der Waals surface area contributed by atoms with E-state index >= 15 is 0 Å². The second kappa shape index (κ2) is 5.63. The molecule has 0 saturated heterocycles. The van der Waals surface area contributed by atoms with E-state index in [1.807, 2.05) is 5.43 Å². The maximum atomic E-state index is 13.9. The normalized spacial score (nSPS) is 10.3. The molecule has 1 heterocycles. The minimum Gasteiger partial charge on any atom is -0.329 e. The lowest BCUT2D eigenvalue weighted by molar-refractivity contribution is -0.383. The molecule has 110 valence electrons. The average molecular weight is 296 g/mol. The fraction of sp³-hybridized carbons (Fsp3) is 0.0909. The molecule has 4 N–H and O–H groups in total. The summed E-state index contributed by atoms with van der Waals surface area (Å²) in [5, 5.41) is 13.3. The molecular formula is C11H10F2N6O2. The van der Waals surface area contributed by atoms with E-state index in [-0.39, 0.29) is 17.2 Å². The van der Waals surface area contributed by atoms with Crippen molar-refractivity contribution in [2.45, 2.75) is 6.92 Å². The van der Waals surface area contributed by atoms with E-state index in [0.717, 1.165) is 12.4 Å². The van der Waals surface area contributed by atoms with E-state index in [4.69, 9.17) is 5.84 Å². The van der Waals surface area contributed by atoms with Gasteiger partial charge in [-0.2, -0.15) is 0 Å². The number of aryl methyl sites for hydroxylation is 1. The number of nitrogens with two attached hydrogens (primary N) is 1. The maximum absolute atomic E-state index is 13.9. The summed E-state index contributed by atoms with van der Waals surface area (Å²) >= 11 is 0. The standard InChI is InChI=1S/C11H10F2N6O2/c1-5-2-3-6(12)8(7(5)13)17-10-9(19(20)21)11(18-14)16-4-15-10/h2-4H,14H2,1H3,(H2,15,16,17,18). The number of anilines is 3. The van der Waals surface area contributed by atoms with Gasteiger partial charge in [-0.25, -0.2) is 24.6 Å². The lowest BCUT2D eigenvalue weighted by Crippen LogP contribution is -2.13. The molecule has 0 aliphatic heterocycles. The summed E-state index contributed by atoms with van der Waals surface area (Å²) in [4.78, 5) is 17.4. The van der Waals surface area contributed by atoms with Gasteiger partial charge >= 0.3 is 5.69 Å². The smallest absolute Gasteiger partial charge is 0.329 e. The van der Waals surface area contributed by atoms with Crippen LogP contribution in [0, 0.1) is 28.7 Å². The number of nitrogens with zero attached hydrogens (tertiary/aromatic N) is 3. The Morgan fingerprint density at radius 3 is 2.57 bits per heavy atom. The van der Waals surface area contributed by atoms with Gasteiger partial charge in [-0.05, 0) is 18.6 Å². The second-order valence-electron chi connectivity index (χ2n) is 4.00. The van der Waals surface area contributed by atoms with Crippen molar-refractivity contribution >= 4 is 23.0 Å². The molecule has 0 fully saturated rings. The van der Waals surface area contributed by atoms with Crippen molar-refractivity contribution < 1.29 is 13.7 Å². The molecule has 0 aliphatic carbocycles. The quantitative estimate of drug-likeness (QED) is 0.448. The first-order valence-corrected chi connectivity index (χ1v) is 5.63. The van der Waals surface area contributed by atoms with Gasteiger partial charge in [0, 0.05) is 0 Å². The molecule has 0 radical (unpaired) electrons.